The number of fused-ring (bicyclic) bond motifs is 1. The van der Waals surface area contributed by atoms with E-state index in [1.54, 1.807) is 6.33 Å². The highest BCUT2D eigenvalue weighted by atomic mass is 16.2. The number of hydrogen-bond acceptors (Lipinski definition) is 8. The maximum atomic E-state index is 13.1. The van der Waals surface area contributed by atoms with Crippen LogP contribution in [0.5, 0.6) is 0 Å². The van der Waals surface area contributed by atoms with Gasteiger partial charge in [0.1, 0.15) is 0 Å². The molecule has 1 N–H and O–H groups in total. The van der Waals surface area contributed by atoms with Crippen molar-refractivity contribution in [3.8, 4) is 0 Å². The zero-order valence-electron chi connectivity index (χ0n) is 24.0. The van der Waals surface area contributed by atoms with Crippen molar-refractivity contribution in [3.05, 3.63) is 6.33 Å². The van der Waals surface area contributed by atoms with E-state index in [4.69, 9.17) is 9.97 Å². The average Bonchev–Trinajstić information content (AvgIpc) is 3.70. The first-order valence-electron chi connectivity index (χ1n) is 15.0. The number of carbonyl (C=O) groups excluding carboxylic acids is 3. The summed E-state index contributed by atoms with van der Waals surface area (Å²) >= 11 is 0. The Bertz CT molecular complexity index is 1210. The van der Waals surface area contributed by atoms with Crippen LogP contribution >= 0.6 is 0 Å². The van der Waals surface area contributed by atoms with Crippen molar-refractivity contribution >= 4 is 40.7 Å². The monoisotopic (exact) mass is 553 g/mol. The number of aromatic nitrogens is 4. The molecule has 3 saturated heterocycles. The Morgan fingerprint density at radius 2 is 1.70 bits per heavy atom. The molecule has 2 aromatic rings. The molecule has 0 radical (unpaired) electrons. The molecule has 3 amide bonds. The normalized spacial score (nSPS) is 19.8. The quantitative estimate of drug-likeness (QED) is 0.396. The minimum absolute atomic E-state index is 0.0755. The second kappa shape index (κ2) is 12.8. The van der Waals surface area contributed by atoms with Crippen molar-refractivity contribution < 1.29 is 14.4 Å². The van der Waals surface area contributed by atoms with E-state index < -0.39 is 0 Å². The van der Waals surface area contributed by atoms with Gasteiger partial charge in [0.25, 0.3) is 0 Å². The number of anilines is 2. The number of nitrogens with one attached hydrogen (secondary N) is 1. The molecule has 218 valence electrons. The predicted molar refractivity (Wildman–Crippen MR) is 153 cm³/mol. The van der Waals surface area contributed by atoms with E-state index >= 15 is 0 Å². The van der Waals surface area contributed by atoms with Gasteiger partial charge in [-0.15, -0.1) is 0 Å². The summed E-state index contributed by atoms with van der Waals surface area (Å²) in [6, 6.07) is 0. The van der Waals surface area contributed by atoms with Crippen LogP contribution in [0.25, 0.3) is 11.2 Å². The highest BCUT2D eigenvalue weighted by Crippen LogP contribution is 2.27. The number of likely N-dealkylation sites (tertiary alicyclic amines) is 2. The molecule has 2 aromatic heterocycles. The molecule has 40 heavy (non-hydrogen) atoms. The summed E-state index contributed by atoms with van der Waals surface area (Å²) in [5.74, 6) is 1.83. The molecule has 0 aliphatic carbocycles. The fourth-order valence-corrected chi connectivity index (χ4v) is 6.10. The van der Waals surface area contributed by atoms with E-state index in [1.165, 1.54) is 0 Å². The maximum Gasteiger partial charge on any atom is 0.229 e. The minimum atomic E-state index is -0.0755. The second-order valence-corrected chi connectivity index (χ2v) is 11.0. The number of nitrogens with zero attached hydrogens (tertiary/aromatic N) is 8. The summed E-state index contributed by atoms with van der Waals surface area (Å²) in [4.78, 5) is 59.7. The Morgan fingerprint density at radius 3 is 2.38 bits per heavy atom. The Hall–Kier alpha value is -3.44. The van der Waals surface area contributed by atoms with Gasteiger partial charge in [-0.1, -0.05) is 0 Å². The summed E-state index contributed by atoms with van der Waals surface area (Å²) in [5, 5.41) is 3.46. The van der Waals surface area contributed by atoms with Gasteiger partial charge >= 0.3 is 0 Å². The molecule has 3 aliphatic rings. The smallest absolute Gasteiger partial charge is 0.229 e. The molecule has 0 aromatic carbocycles. The van der Waals surface area contributed by atoms with Crippen LogP contribution in [0, 0.1) is 5.92 Å². The van der Waals surface area contributed by atoms with Crippen molar-refractivity contribution in [2.45, 2.75) is 65.3 Å². The van der Waals surface area contributed by atoms with E-state index in [2.05, 4.69) is 15.2 Å². The van der Waals surface area contributed by atoms with Gasteiger partial charge in [-0.25, -0.2) is 4.98 Å². The van der Waals surface area contributed by atoms with Crippen molar-refractivity contribution in [2.24, 2.45) is 5.92 Å². The zero-order chi connectivity index (χ0) is 28.1. The van der Waals surface area contributed by atoms with Crippen LogP contribution in [-0.4, -0.2) is 111 Å². The molecular weight excluding hydrogens is 510 g/mol. The molecule has 12 heteroatoms. The first kappa shape index (κ1) is 28.1. The molecule has 3 aliphatic heterocycles. The first-order chi connectivity index (χ1) is 19.5. The van der Waals surface area contributed by atoms with E-state index in [9.17, 15) is 14.4 Å². The molecule has 1 atom stereocenters. The highest BCUT2D eigenvalue weighted by Gasteiger charge is 2.30. The first-order valence-corrected chi connectivity index (χ1v) is 15.0. The number of carbonyl (C=O) groups is 3. The third kappa shape index (κ3) is 6.15. The summed E-state index contributed by atoms with van der Waals surface area (Å²) in [7, 11) is 0. The van der Waals surface area contributed by atoms with Crippen molar-refractivity contribution in [2.75, 3.05) is 69.1 Å². The standard InChI is InChI=1S/C28H43N9O3/c1-3-33(4-2)27(40)21-9-5-15-36(19-21)28-31-25(29-12-8-16-34-13-6-10-22(34)38)24-26(32-28)37(20-30-24)18-17-35-14-7-11-23(35)39/h20-21H,3-19H2,1-2H3,(H,29,31,32). The zero-order valence-corrected chi connectivity index (χ0v) is 24.0. The van der Waals surface area contributed by atoms with Crippen LogP contribution in [0.15, 0.2) is 6.33 Å². The fraction of sp³-hybridized carbons (Fsp3) is 0.714. The van der Waals surface area contributed by atoms with E-state index in [-0.39, 0.29) is 23.6 Å². The summed E-state index contributed by atoms with van der Waals surface area (Å²) in [6.45, 7) is 11.1. The lowest BCUT2D eigenvalue weighted by molar-refractivity contribution is -0.135. The number of hydrogen-bond donors (Lipinski definition) is 1. The maximum absolute atomic E-state index is 13.1. The van der Waals surface area contributed by atoms with Crippen LogP contribution in [-0.2, 0) is 20.9 Å². The Labute approximate surface area is 236 Å². The molecule has 0 spiro atoms. The van der Waals surface area contributed by atoms with Gasteiger partial charge in [0, 0.05) is 78.3 Å². The molecule has 1 unspecified atom stereocenters. The largest absolute Gasteiger partial charge is 0.368 e. The lowest BCUT2D eigenvalue weighted by Gasteiger charge is -2.34. The van der Waals surface area contributed by atoms with Crippen LogP contribution in [0.2, 0.25) is 0 Å². The number of amides is 3. The van der Waals surface area contributed by atoms with Gasteiger partial charge in [0.2, 0.25) is 23.7 Å². The second-order valence-electron chi connectivity index (χ2n) is 11.0. The third-order valence-corrected chi connectivity index (χ3v) is 8.43. The molecule has 0 saturated carbocycles. The Morgan fingerprint density at radius 1 is 0.975 bits per heavy atom. The van der Waals surface area contributed by atoms with Crippen LogP contribution in [0.1, 0.15) is 58.8 Å². The molecule has 5 heterocycles. The SMILES string of the molecule is CCN(CC)C(=O)C1CCCN(c2nc(NCCCN3CCCC3=O)c3ncn(CCN4CCCC4=O)c3n2)C1. The summed E-state index contributed by atoms with van der Waals surface area (Å²) in [5.41, 5.74) is 1.42. The number of piperidine rings is 1. The topological polar surface area (TPSA) is 120 Å². The van der Waals surface area contributed by atoms with Crippen molar-refractivity contribution in [1.82, 2.24) is 34.2 Å². The number of imidazole rings is 1. The van der Waals surface area contributed by atoms with E-state index in [1.807, 2.05) is 33.1 Å². The van der Waals surface area contributed by atoms with E-state index in [0.29, 0.717) is 69.4 Å². The van der Waals surface area contributed by atoms with Crippen LogP contribution < -0.4 is 10.2 Å². The molecular formula is C28H43N9O3. The van der Waals surface area contributed by atoms with Crippen molar-refractivity contribution in [3.63, 3.8) is 0 Å². The fourth-order valence-electron chi connectivity index (χ4n) is 6.10. The Kier molecular flexibility index (Phi) is 9.01. The van der Waals surface area contributed by atoms with Gasteiger partial charge < -0.3 is 29.5 Å². The predicted octanol–water partition coefficient (Wildman–Crippen LogP) is 1.96. The average molecular weight is 554 g/mol. The molecule has 0 bridgehead atoms. The lowest BCUT2D eigenvalue weighted by atomic mass is 9.96. The van der Waals surface area contributed by atoms with Gasteiger partial charge in [0.05, 0.1) is 12.2 Å². The summed E-state index contributed by atoms with van der Waals surface area (Å²) < 4.78 is 2.00. The Balaban J connectivity index is 1.35. The van der Waals surface area contributed by atoms with Gasteiger partial charge in [-0.3, -0.25) is 14.4 Å². The minimum Gasteiger partial charge on any atom is -0.368 e. The number of rotatable bonds is 12. The highest BCUT2D eigenvalue weighted by molar-refractivity contribution is 5.85. The van der Waals surface area contributed by atoms with Crippen molar-refractivity contribution in [1.29, 1.82) is 0 Å². The lowest BCUT2D eigenvalue weighted by Crippen LogP contribution is -2.45. The van der Waals surface area contributed by atoms with Crippen LogP contribution in [0.4, 0.5) is 11.8 Å². The van der Waals surface area contributed by atoms with Gasteiger partial charge in [0.15, 0.2) is 17.0 Å². The molecule has 5 rings (SSSR count). The molecule has 12 nitrogen and oxygen atoms in total. The van der Waals surface area contributed by atoms with Gasteiger partial charge in [-0.2, -0.15) is 9.97 Å². The summed E-state index contributed by atoms with van der Waals surface area (Å²) in [6.07, 6.45) is 7.49. The van der Waals surface area contributed by atoms with Crippen LogP contribution in [0.3, 0.4) is 0 Å². The van der Waals surface area contributed by atoms with E-state index in [0.717, 1.165) is 63.9 Å². The third-order valence-electron chi connectivity index (χ3n) is 8.43. The van der Waals surface area contributed by atoms with Gasteiger partial charge in [-0.05, 0) is 46.0 Å². The molecule has 3 fully saturated rings.